The van der Waals surface area contributed by atoms with E-state index in [2.05, 4.69) is 110 Å². The minimum atomic E-state index is -2.06. The molecular weight excluding hydrogens is 563 g/mol. The molecule has 2 aromatic rings. The van der Waals surface area contributed by atoms with Gasteiger partial charge in [-0.25, -0.2) is 9.97 Å². The van der Waals surface area contributed by atoms with E-state index in [1.807, 2.05) is 4.57 Å². The van der Waals surface area contributed by atoms with Gasteiger partial charge in [-0.2, -0.15) is 4.98 Å². The van der Waals surface area contributed by atoms with Crippen LogP contribution in [0.3, 0.4) is 0 Å². The lowest BCUT2D eigenvalue weighted by molar-refractivity contribution is -0.0383. The Morgan fingerprint density at radius 2 is 1.56 bits per heavy atom. The van der Waals surface area contributed by atoms with Gasteiger partial charge in [0.15, 0.2) is 22.3 Å². The predicted molar refractivity (Wildman–Crippen MR) is 178 cm³/mol. The molecule has 0 saturated carbocycles. The van der Waals surface area contributed by atoms with Crippen molar-refractivity contribution >= 4 is 41.8 Å². The molecule has 1 fully saturated rings. The van der Waals surface area contributed by atoms with Crippen molar-refractivity contribution in [2.24, 2.45) is 0 Å². The van der Waals surface area contributed by atoms with Crippen LogP contribution in [0.1, 0.15) is 80.7 Å². The van der Waals surface area contributed by atoms with Crippen LogP contribution in [-0.2, 0) is 13.6 Å². The van der Waals surface area contributed by atoms with Crippen LogP contribution < -0.4 is 5.73 Å². The molecule has 0 aromatic carbocycles. The van der Waals surface area contributed by atoms with Crippen molar-refractivity contribution in [3.05, 3.63) is 12.0 Å². The second-order valence-corrected chi connectivity index (χ2v) is 29.2. The zero-order chi connectivity index (χ0) is 31.0. The Labute approximate surface area is 251 Å². The number of nitrogens with two attached hydrogens (primary N) is 1. The van der Waals surface area contributed by atoms with E-state index in [9.17, 15) is 0 Å². The maximum Gasteiger partial charge on any atom is 0.223 e. The number of fused-ring (bicyclic) bond motifs is 1. The van der Waals surface area contributed by atoms with Crippen LogP contribution in [0.15, 0.2) is 6.33 Å². The molecule has 230 valence electrons. The number of hydrogen-bond donors (Lipinski definition) is 1. The molecule has 1 aliphatic heterocycles. The van der Waals surface area contributed by atoms with Crippen LogP contribution in [0.2, 0.25) is 54.4 Å². The zero-order valence-corrected chi connectivity index (χ0v) is 30.9. The highest BCUT2D eigenvalue weighted by molar-refractivity contribution is 6.87. The van der Waals surface area contributed by atoms with Gasteiger partial charge in [0.1, 0.15) is 31.6 Å². The maximum absolute atomic E-state index is 6.97. The molecule has 1 aliphatic rings. The molecule has 8 nitrogen and oxygen atoms in total. The summed E-state index contributed by atoms with van der Waals surface area (Å²) < 4.78 is 22.3. The molecule has 0 amide bonds. The summed E-state index contributed by atoms with van der Waals surface area (Å²) in [4.78, 5) is 13.8. The van der Waals surface area contributed by atoms with Gasteiger partial charge in [-0.05, 0) is 54.4 Å². The maximum atomic E-state index is 6.97. The third-order valence-corrected chi connectivity index (χ3v) is 23.8. The highest BCUT2D eigenvalue weighted by Gasteiger charge is 2.47. The summed E-state index contributed by atoms with van der Waals surface area (Å²) in [5, 5.41) is 0.196. The molecule has 0 unspecified atom stereocenters. The summed E-state index contributed by atoms with van der Waals surface area (Å²) in [6.45, 7) is 30.0. The average Bonchev–Trinajstić information content (AvgIpc) is 3.46. The van der Waals surface area contributed by atoms with E-state index in [0.717, 1.165) is 18.1 Å². The molecule has 3 atom stereocenters. The molecule has 3 rings (SSSR count). The number of aromatic nitrogens is 4. The van der Waals surface area contributed by atoms with Crippen molar-refractivity contribution in [1.82, 2.24) is 19.5 Å². The fourth-order valence-electron chi connectivity index (χ4n) is 4.65. The van der Waals surface area contributed by atoms with Gasteiger partial charge >= 0.3 is 0 Å². The SMILES string of the molecule is CC[Si](C#Cc1nc(N)nc2c1ncn2[C@H]1C[C@H](O[Si](C)(C)C(C)(C)C)[C@@H](CO[Si](C)(C)C(C)(C)C)O1)(CC)CC. The molecule has 0 bridgehead atoms. The number of imidazole rings is 1. The van der Waals surface area contributed by atoms with Crippen LogP contribution >= 0.6 is 0 Å². The molecule has 0 radical (unpaired) electrons. The molecule has 0 spiro atoms. The number of hydrogen-bond acceptors (Lipinski definition) is 7. The first-order valence-electron chi connectivity index (χ1n) is 15.3. The minimum absolute atomic E-state index is 0.0842. The standard InChI is InChI=1S/C30H55N5O3Si3/c1-14-41(15-2,16-3)18-17-22-26-27(34-28(31)33-22)35(21-32-26)25-19-23(38-40(12,13)30(7,8)9)24(37-25)20-36-39(10,11)29(4,5)6/h21,23-25H,14-16,19-20H2,1-13H3,(H2,31,33,34)/t23-,24+,25+/m0/s1. The first-order valence-corrected chi connectivity index (χ1v) is 23.7. The van der Waals surface area contributed by atoms with Gasteiger partial charge in [0, 0.05) is 6.42 Å². The molecule has 2 aromatic heterocycles. The Bertz CT molecular complexity index is 1260. The molecule has 1 saturated heterocycles. The molecule has 3 heterocycles. The number of nitrogens with zero attached hydrogens (tertiary/aromatic N) is 4. The van der Waals surface area contributed by atoms with Crippen LogP contribution in [0.5, 0.6) is 0 Å². The first-order chi connectivity index (χ1) is 18.8. The van der Waals surface area contributed by atoms with Gasteiger partial charge in [0.2, 0.25) is 5.95 Å². The number of rotatable bonds is 9. The first kappa shape index (κ1) is 33.9. The number of ether oxygens (including phenoxy) is 1. The lowest BCUT2D eigenvalue weighted by Gasteiger charge is -2.40. The second kappa shape index (κ2) is 12.2. The van der Waals surface area contributed by atoms with Crippen LogP contribution in [-0.4, -0.2) is 63.0 Å². The van der Waals surface area contributed by atoms with E-state index < -0.39 is 24.7 Å². The van der Waals surface area contributed by atoms with Gasteiger partial charge in [0.25, 0.3) is 0 Å². The van der Waals surface area contributed by atoms with Gasteiger partial charge in [-0.15, -0.1) is 5.54 Å². The van der Waals surface area contributed by atoms with E-state index in [-0.39, 0.29) is 34.5 Å². The number of anilines is 1. The highest BCUT2D eigenvalue weighted by atomic mass is 28.4. The largest absolute Gasteiger partial charge is 0.414 e. The van der Waals surface area contributed by atoms with Crippen molar-refractivity contribution in [3.8, 4) is 11.5 Å². The molecular formula is C30H55N5O3Si3. The van der Waals surface area contributed by atoms with Crippen molar-refractivity contribution in [3.63, 3.8) is 0 Å². The normalized spacial score (nSPS) is 20.9. The van der Waals surface area contributed by atoms with Crippen molar-refractivity contribution in [1.29, 1.82) is 0 Å². The second-order valence-electron chi connectivity index (χ2n) is 14.7. The smallest absolute Gasteiger partial charge is 0.223 e. The van der Waals surface area contributed by atoms with Crippen molar-refractivity contribution in [2.45, 2.75) is 142 Å². The summed E-state index contributed by atoms with van der Waals surface area (Å²) in [7, 11) is -5.69. The van der Waals surface area contributed by atoms with Crippen molar-refractivity contribution in [2.75, 3.05) is 12.3 Å². The van der Waals surface area contributed by atoms with E-state index >= 15 is 0 Å². The lowest BCUT2D eigenvalue weighted by atomic mass is 10.2. The van der Waals surface area contributed by atoms with E-state index in [1.54, 1.807) is 6.33 Å². The summed E-state index contributed by atoms with van der Waals surface area (Å²) in [5.41, 5.74) is 11.8. The third kappa shape index (κ3) is 7.33. The Morgan fingerprint density at radius 1 is 0.976 bits per heavy atom. The molecule has 0 aliphatic carbocycles. The van der Waals surface area contributed by atoms with Gasteiger partial charge in [-0.1, -0.05) is 68.2 Å². The van der Waals surface area contributed by atoms with Crippen LogP contribution in [0.4, 0.5) is 5.95 Å². The van der Waals surface area contributed by atoms with Gasteiger partial charge in [0.05, 0.1) is 19.0 Å². The Balaban J connectivity index is 1.99. The molecule has 41 heavy (non-hydrogen) atoms. The van der Waals surface area contributed by atoms with Crippen LogP contribution in [0, 0.1) is 11.5 Å². The Hall–Kier alpha value is -1.56. The fraction of sp³-hybridized carbons (Fsp3) is 0.767. The minimum Gasteiger partial charge on any atom is -0.414 e. The Kier molecular flexibility index (Phi) is 10.1. The topological polar surface area (TPSA) is 97.3 Å². The Morgan fingerprint density at radius 3 is 2.10 bits per heavy atom. The van der Waals surface area contributed by atoms with Gasteiger partial charge in [-0.3, -0.25) is 4.57 Å². The number of nitrogen functional groups attached to an aromatic ring is 1. The molecule has 2 N–H and O–H groups in total. The highest BCUT2D eigenvalue weighted by Crippen LogP contribution is 2.43. The fourth-order valence-corrected chi connectivity index (χ4v) is 9.43. The lowest BCUT2D eigenvalue weighted by Crippen LogP contribution is -2.48. The van der Waals surface area contributed by atoms with E-state index in [4.69, 9.17) is 24.3 Å². The summed E-state index contributed by atoms with van der Waals surface area (Å²) in [6, 6.07) is 3.36. The quantitative estimate of drug-likeness (QED) is 0.230. The summed E-state index contributed by atoms with van der Waals surface area (Å²) in [5.74, 6) is 3.57. The summed E-state index contributed by atoms with van der Waals surface area (Å²) in [6.07, 6.45) is 1.90. The summed E-state index contributed by atoms with van der Waals surface area (Å²) >= 11 is 0. The van der Waals surface area contributed by atoms with E-state index in [1.165, 1.54) is 0 Å². The zero-order valence-electron chi connectivity index (χ0n) is 27.9. The molecule has 11 heteroatoms. The average molecular weight is 618 g/mol. The van der Waals surface area contributed by atoms with Gasteiger partial charge < -0.3 is 19.3 Å². The van der Waals surface area contributed by atoms with E-state index in [0.29, 0.717) is 29.9 Å². The predicted octanol–water partition coefficient (Wildman–Crippen LogP) is 7.51. The van der Waals surface area contributed by atoms with Crippen LogP contribution in [0.25, 0.3) is 11.2 Å². The third-order valence-electron chi connectivity index (χ3n) is 10.1. The van der Waals surface area contributed by atoms with Crippen molar-refractivity contribution < 1.29 is 13.6 Å². The monoisotopic (exact) mass is 617 g/mol.